The van der Waals surface area contributed by atoms with E-state index in [0.29, 0.717) is 15.5 Å². The standard InChI is InChI=1S/C24H27F3N4S/c1-17-28-21(20-12-19(13-24(25,26)27)32-22(20)29-17)31-10-5-8-23(16-31)9-11-30(15-23)14-18-6-3-2-4-7-18/h2-4,6-7,12H,5,8-11,13-16H2,1H3. The SMILES string of the molecule is Cc1nc(N2CCCC3(CCN(Cc4ccccc4)C3)C2)c2cc(CC(F)(F)F)sc2n1. The number of hydrogen-bond acceptors (Lipinski definition) is 5. The number of fused-ring (bicyclic) bond motifs is 1. The molecule has 0 amide bonds. The number of anilines is 1. The molecular formula is C24H27F3N4S. The molecular weight excluding hydrogens is 433 g/mol. The summed E-state index contributed by atoms with van der Waals surface area (Å²) in [5.74, 6) is 1.42. The molecule has 4 nitrogen and oxygen atoms in total. The van der Waals surface area contributed by atoms with E-state index < -0.39 is 12.6 Å². The van der Waals surface area contributed by atoms with Crippen LogP contribution in [0.25, 0.3) is 10.2 Å². The minimum Gasteiger partial charge on any atom is -0.355 e. The highest BCUT2D eigenvalue weighted by Crippen LogP contribution is 2.42. The third-order valence-corrected chi connectivity index (χ3v) is 7.67. The van der Waals surface area contributed by atoms with Gasteiger partial charge in [-0.2, -0.15) is 13.2 Å². The summed E-state index contributed by atoms with van der Waals surface area (Å²) in [5.41, 5.74) is 1.55. The molecule has 170 valence electrons. The smallest absolute Gasteiger partial charge is 0.355 e. The van der Waals surface area contributed by atoms with Crippen molar-refractivity contribution in [2.75, 3.05) is 31.1 Å². The molecule has 2 aromatic heterocycles. The summed E-state index contributed by atoms with van der Waals surface area (Å²) in [6, 6.07) is 12.2. The van der Waals surface area contributed by atoms with Crippen molar-refractivity contribution in [3.05, 3.63) is 52.7 Å². The quantitative estimate of drug-likeness (QED) is 0.508. The lowest BCUT2D eigenvalue weighted by Gasteiger charge is -2.41. The van der Waals surface area contributed by atoms with Gasteiger partial charge < -0.3 is 4.90 Å². The van der Waals surface area contributed by atoms with Crippen molar-refractivity contribution in [1.29, 1.82) is 0 Å². The van der Waals surface area contributed by atoms with Gasteiger partial charge in [-0.25, -0.2) is 9.97 Å². The van der Waals surface area contributed by atoms with E-state index in [4.69, 9.17) is 4.98 Å². The van der Waals surface area contributed by atoms with E-state index in [1.54, 1.807) is 6.07 Å². The van der Waals surface area contributed by atoms with E-state index in [1.807, 2.05) is 13.0 Å². The fourth-order valence-corrected chi connectivity index (χ4v) is 6.41. The zero-order valence-electron chi connectivity index (χ0n) is 18.2. The topological polar surface area (TPSA) is 32.3 Å². The summed E-state index contributed by atoms with van der Waals surface area (Å²) in [6.45, 7) is 6.70. The number of rotatable bonds is 4. The largest absolute Gasteiger partial charge is 0.393 e. The monoisotopic (exact) mass is 460 g/mol. The fourth-order valence-electron chi connectivity index (χ4n) is 5.31. The predicted molar refractivity (Wildman–Crippen MR) is 122 cm³/mol. The Balaban J connectivity index is 1.37. The van der Waals surface area contributed by atoms with Gasteiger partial charge in [0.15, 0.2) is 0 Å². The molecule has 0 N–H and O–H groups in total. The van der Waals surface area contributed by atoms with Gasteiger partial charge in [-0.15, -0.1) is 11.3 Å². The zero-order valence-corrected chi connectivity index (χ0v) is 19.0. The molecule has 0 radical (unpaired) electrons. The molecule has 2 saturated heterocycles. The summed E-state index contributed by atoms with van der Waals surface area (Å²) in [7, 11) is 0. The molecule has 4 heterocycles. The van der Waals surface area contributed by atoms with Crippen molar-refractivity contribution >= 4 is 27.4 Å². The van der Waals surface area contributed by atoms with Crippen molar-refractivity contribution in [3.8, 4) is 0 Å². The molecule has 0 bridgehead atoms. The number of hydrogen-bond donors (Lipinski definition) is 0. The number of thiophene rings is 1. The maximum absolute atomic E-state index is 13.0. The summed E-state index contributed by atoms with van der Waals surface area (Å²) in [5, 5.41) is 0.760. The van der Waals surface area contributed by atoms with Crippen LogP contribution in [0.4, 0.5) is 19.0 Å². The van der Waals surface area contributed by atoms with Gasteiger partial charge in [0.1, 0.15) is 16.5 Å². The number of aryl methyl sites for hydroxylation is 1. The molecule has 0 saturated carbocycles. The second-order valence-electron chi connectivity index (χ2n) is 9.29. The molecule has 2 aliphatic rings. The second kappa shape index (κ2) is 8.30. The lowest BCUT2D eigenvalue weighted by molar-refractivity contribution is -0.126. The minimum absolute atomic E-state index is 0.211. The predicted octanol–water partition coefficient (Wildman–Crippen LogP) is 5.60. The number of alkyl halides is 3. The lowest BCUT2D eigenvalue weighted by atomic mass is 9.79. The molecule has 32 heavy (non-hydrogen) atoms. The van der Waals surface area contributed by atoms with Crippen LogP contribution < -0.4 is 4.90 Å². The number of likely N-dealkylation sites (tertiary alicyclic amines) is 1. The fraction of sp³-hybridized carbons (Fsp3) is 0.500. The minimum atomic E-state index is -4.22. The number of benzene rings is 1. The number of halogens is 3. The Morgan fingerprint density at radius 2 is 1.88 bits per heavy atom. The molecule has 2 fully saturated rings. The van der Waals surface area contributed by atoms with Crippen molar-refractivity contribution in [3.63, 3.8) is 0 Å². The highest BCUT2D eigenvalue weighted by atomic mass is 32.1. The summed E-state index contributed by atoms with van der Waals surface area (Å²) in [4.78, 5) is 14.9. The first-order chi connectivity index (χ1) is 15.3. The van der Waals surface area contributed by atoms with Crippen LogP contribution >= 0.6 is 11.3 Å². The Morgan fingerprint density at radius 3 is 2.66 bits per heavy atom. The van der Waals surface area contributed by atoms with Crippen LogP contribution in [0.15, 0.2) is 36.4 Å². The number of nitrogens with zero attached hydrogens (tertiary/aromatic N) is 4. The first-order valence-corrected chi connectivity index (χ1v) is 12.0. The Hall–Kier alpha value is -2.19. The summed E-state index contributed by atoms with van der Waals surface area (Å²) < 4.78 is 38.9. The van der Waals surface area contributed by atoms with E-state index in [0.717, 1.165) is 68.1 Å². The summed E-state index contributed by atoms with van der Waals surface area (Å²) >= 11 is 1.14. The highest BCUT2D eigenvalue weighted by Gasteiger charge is 2.42. The van der Waals surface area contributed by atoms with Crippen molar-refractivity contribution in [2.45, 2.75) is 45.3 Å². The van der Waals surface area contributed by atoms with Gasteiger partial charge in [-0.1, -0.05) is 30.3 Å². The first-order valence-electron chi connectivity index (χ1n) is 11.1. The third-order valence-electron chi connectivity index (χ3n) is 6.64. The normalized spacial score (nSPS) is 22.3. The molecule has 2 aliphatic heterocycles. The van der Waals surface area contributed by atoms with Crippen molar-refractivity contribution < 1.29 is 13.2 Å². The number of aromatic nitrogens is 2. The molecule has 8 heteroatoms. The Kier molecular flexibility index (Phi) is 5.61. The van der Waals surface area contributed by atoms with E-state index in [9.17, 15) is 13.2 Å². The van der Waals surface area contributed by atoms with E-state index >= 15 is 0 Å². The average Bonchev–Trinajstić information content (AvgIpc) is 3.30. The molecule has 5 rings (SSSR count). The van der Waals surface area contributed by atoms with Crippen LogP contribution in [0.5, 0.6) is 0 Å². The van der Waals surface area contributed by atoms with Gasteiger partial charge in [0, 0.05) is 36.5 Å². The summed E-state index contributed by atoms with van der Waals surface area (Å²) in [6.07, 6.45) is -1.73. The molecule has 3 aromatic rings. The Labute approximate surface area is 190 Å². The lowest BCUT2D eigenvalue weighted by Crippen LogP contribution is -2.45. The molecule has 1 spiro atoms. The van der Waals surface area contributed by atoms with E-state index in [2.05, 4.69) is 39.0 Å². The van der Waals surface area contributed by atoms with Crippen LogP contribution in [0.3, 0.4) is 0 Å². The maximum atomic E-state index is 13.0. The first kappa shape index (κ1) is 21.6. The molecule has 1 aromatic carbocycles. The van der Waals surface area contributed by atoms with Crippen LogP contribution in [-0.2, 0) is 13.0 Å². The molecule has 0 aliphatic carbocycles. The van der Waals surface area contributed by atoms with E-state index in [1.165, 1.54) is 12.0 Å². The van der Waals surface area contributed by atoms with Gasteiger partial charge in [0.2, 0.25) is 0 Å². The van der Waals surface area contributed by atoms with E-state index in [-0.39, 0.29) is 5.41 Å². The second-order valence-corrected chi connectivity index (χ2v) is 10.4. The van der Waals surface area contributed by atoms with Crippen LogP contribution in [0, 0.1) is 12.3 Å². The van der Waals surface area contributed by atoms with Gasteiger partial charge >= 0.3 is 6.18 Å². The number of piperidine rings is 1. The zero-order chi connectivity index (χ0) is 22.3. The maximum Gasteiger partial charge on any atom is 0.393 e. The van der Waals surface area contributed by atoms with Crippen LogP contribution in [0.1, 0.15) is 35.5 Å². The highest BCUT2D eigenvalue weighted by molar-refractivity contribution is 7.18. The molecule has 1 unspecified atom stereocenters. The van der Waals surface area contributed by atoms with Crippen molar-refractivity contribution in [1.82, 2.24) is 14.9 Å². The Bertz CT molecular complexity index is 1100. The van der Waals surface area contributed by atoms with Gasteiger partial charge in [-0.05, 0) is 44.4 Å². The Morgan fingerprint density at radius 1 is 1.06 bits per heavy atom. The third kappa shape index (κ3) is 4.62. The van der Waals surface area contributed by atoms with Crippen molar-refractivity contribution in [2.24, 2.45) is 5.41 Å². The van der Waals surface area contributed by atoms with Gasteiger partial charge in [0.05, 0.1) is 11.8 Å². The van der Waals surface area contributed by atoms with Crippen LogP contribution in [0.2, 0.25) is 0 Å². The average molecular weight is 461 g/mol. The van der Waals surface area contributed by atoms with Gasteiger partial charge in [-0.3, -0.25) is 4.90 Å². The van der Waals surface area contributed by atoms with Gasteiger partial charge in [0.25, 0.3) is 0 Å². The van der Waals surface area contributed by atoms with Crippen LogP contribution in [-0.4, -0.2) is 47.2 Å². The molecule has 1 atom stereocenters.